The minimum absolute atomic E-state index is 0.0238. The Labute approximate surface area is 118 Å². The molecule has 0 fully saturated rings. The Hall–Kier alpha value is -1.46. The first kappa shape index (κ1) is 14.0. The lowest BCUT2D eigenvalue weighted by Gasteiger charge is -2.11. The maximum Gasteiger partial charge on any atom is 0.166 e. The second-order valence-corrected chi connectivity index (χ2v) is 5.01. The number of ether oxygens (including phenoxy) is 1. The minimum Gasteiger partial charge on any atom is -0.453 e. The topological polar surface area (TPSA) is 35.2 Å². The highest BCUT2D eigenvalue weighted by molar-refractivity contribution is 9.10. The summed E-state index contributed by atoms with van der Waals surface area (Å²) in [6, 6.07) is 8.17. The lowest BCUT2D eigenvalue weighted by atomic mass is 10.1. The van der Waals surface area contributed by atoms with Gasteiger partial charge in [0.1, 0.15) is 11.6 Å². The number of hydrogen-bond donors (Lipinski definition) is 1. The van der Waals surface area contributed by atoms with E-state index in [1.165, 1.54) is 30.3 Å². The molecule has 0 aliphatic rings. The van der Waals surface area contributed by atoms with Crippen LogP contribution in [0.25, 0.3) is 0 Å². The maximum absolute atomic E-state index is 13.8. The molecule has 2 rings (SSSR count). The van der Waals surface area contributed by atoms with Crippen molar-refractivity contribution < 1.29 is 13.5 Å². The molecule has 0 aliphatic carbocycles. The third-order valence-corrected chi connectivity index (χ3v) is 3.25. The van der Waals surface area contributed by atoms with Crippen molar-refractivity contribution in [1.29, 1.82) is 0 Å². The average Bonchev–Trinajstić information content (AvgIpc) is 2.36. The summed E-state index contributed by atoms with van der Waals surface area (Å²) >= 11 is 3.22. The Bertz CT molecular complexity index is 602. The standard InChI is InChI=1S/C14H12BrF2NO/c1-8(18)9-2-5-13(12(17)6-9)19-14-7-10(16)3-4-11(14)15/h2-8H,18H2,1H3/t8-/m0/s1. The molecule has 2 aromatic rings. The molecule has 100 valence electrons. The molecule has 0 aromatic heterocycles. The Balaban J connectivity index is 2.31. The van der Waals surface area contributed by atoms with Crippen LogP contribution >= 0.6 is 15.9 Å². The molecule has 0 radical (unpaired) electrons. The fourth-order valence-electron chi connectivity index (χ4n) is 1.56. The molecule has 19 heavy (non-hydrogen) atoms. The van der Waals surface area contributed by atoms with Crippen molar-refractivity contribution in [2.75, 3.05) is 0 Å². The molecule has 5 heteroatoms. The van der Waals surface area contributed by atoms with E-state index in [-0.39, 0.29) is 17.5 Å². The van der Waals surface area contributed by atoms with Crippen LogP contribution in [0.2, 0.25) is 0 Å². The molecule has 0 unspecified atom stereocenters. The smallest absolute Gasteiger partial charge is 0.166 e. The molecule has 0 aliphatic heterocycles. The summed E-state index contributed by atoms with van der Waals surface area (Å²) in [5.74, 6) is -0.750. The lowest BCUT2D eigenvalue weighted by Crippen LogP contribution is -2.05. The van der Waals surface area contributed by atoms with E-state index in [4.69, 9.17) is 10.5 Å². The van der Waals surface area contributed by atoms with Gasteiger partial charge in [-0.1, -0.05) is 6.07 Å². The molecule has 0 heterocycles. The lowest BCUT2D eigenvalue weighted by molar-refractivity contribution is 0.435. The predicted molar refractivity (Wildman–Crippen MR) is 73.2 cm³/mol. The third-order valence-electron chi connectivity index (χ3n) is 2.59. The predicted octanol–water partition coefficient (Wildman–Crippen LogP) is 4.54. The normalized spacial score (nSPS) is 12.3. The first-order valence-corrected chi connectivity index (χ1v) is 6.44. The van der Waals surface area contributed by atoms with Gasteiger partial charge in [0.15, 0.2) is 11.6 Å². The SMILES string of the molecule is C[C@H](N)c1ccc(Oc2cc(F)ccc2Br)c(F)c1. The number of hydrogen-bond acceptors (Lipinski definition) is 2. The van der Waals surface area contributed by atoms with Crippen LogP contribution in [-0.2, 0) is 0 Å². The van der Waals surface area contributed by atoms with Crippen molar-refractivity contribution in [3.63, 3.8) is 0 Å². The molecule has 0 bridgehead atoms. The van der Waals surface area contributed by atoms with Crippen LogP contribution < -0.4 is 10.5 Å². The minimum atomic E-state index is -0.536. The van der Waals surface area contributed by atoms with E-state index >= 15 is 0 Å². The largest absolute Gasteiger partial charge is 0.453 e. The molecular formula is C14H12BrF2NO. The highest BCUT2D eigenvalue weighted by Crippen LogP contribution is 2.32. The summed E-state index contributed by atoms with van der Waals surface area (Å²) in [4.78, 5) is 0. The van der Waals surface area contributed by atoms with Gasteiger partial charge in [-0.15, -0.1) is 0 Å². The summed E-state index contributed by atoms with van der Waals surface area (Å²) in [7, 11) is 0. The highest BCUT2D eigenvalue weighted by atomic mass is 79.9. The van der Waals surface area contributed by atoms with Gasteiger partial charge >= 0.3 is 0 Å². The number of benzene rings is 2. The molecule has 0 amide bonds. The van der Waals surface area contributed by atoms with Crippen molar-refractivity contribution in [3.8, 4) is 11.5 Å². The molecule has 0 saturated heterocycles. The van der Waals surface area contributed by atoms with Gasteiger partial charge in [-0.2, -0.15) is 0 Å². The van der Waals surface area contributed by atoms with Gasteiger partial charge in [-0.25, -0.2) is 8.78 Å². The van der Waals surface area contributed by atoms with Crippen LogP contribution in [0.1, 0.15) is 18.5 Å². The van der Waals surface area contributed by atoms with E-state index in [1.54, 1.807) is 13.0 Å². The van der Waals surface area contributed by atoms with Gasteiger partial charge in [0, 0.05) is 12.1 Å². The van der Waals surface area contributed by atoms with Gasteiger partial charge in [-0.05, 0) is 52.7 Å². The van der Waals surface area contributed by atoms with Gasteiger partial charge in [0.25, 0.3) is 0 Å². The van der Waals surface area contributed by atoms with Gasteiger partial charge in [0.05, 0.1) is 4.47 Å². The number of nitrogens with two attached hydrogens (primary N) is 1. The monoisotopic (exact) mass is 327 g/mol. The Morgan fingerprint density at radius 1 is 1.11 bits per heavy atom. The summed E-state index contributed by atoms with van der Waals surface area (Å²) in [5, 5.41) is 0. The van der Waals surface area contributed by atoms with E-state index < -0.39 is 11.6 Å². The van der Waals surface area contributed by atoms with Crippen LogP contribution in [0, 0.1) is 11.6 Å². The summed E-state index contributed by atoms with van der Waals surface area (Å²) in [5.41, 5.74) is 6.33. The Kier molecular flexibility index (Phi) is 4.17. The van der Waals surface area contributed by atoms with Crippen LogP contribution in [-0.4, -0.2) is 0 Å². The zero-order valence-electron chi connectivity index (χ0n) is 10.2. The maximum atomic E-state index is 13.8. The van der Waals surface area contributed by atoms with Crippen molar-refractivity contribution in [2.24, 2.45) is 5.73 Å². The van der Waals surface area contributed by atoms with Gasteiger partial charge in [0.2, 0.25) is 0 Å². The first-order valence-electron chi connectivity index (χ1n) is 5.65. The second kappa shape index (κ2) is 5.67. The van der Waals surface area contributed by atoms with E-state index in [0.29, 0.717) is 10.0 Å². The van der Waals surface area contributed by atoms with Gasteiger partial charge < -0.3 is 10.5 Å². The zero-order valence-corrected chi connectivity index (χ0v) is 11.7. The van der Waals surface area contributed by atoms with Crippen molar-refractivity contribution in [1.82, 2.24) is 0 Å². The average molecular weight is 328 g/mol. The van der Waals surface area contributed by atoms with Crippen molar-refractivity contribution >= 4 is 15.9 Å². The number of halogens is 3. The third kappa shape index (κ3) is 3.30. The second-order valence-electron chi connectivity index (χ2n) is 4.16. The molecule has 2 aromatic carbocycles. The van der Waals surface area contributed by atoms with Crippen LogP contribution in [0.5, 0.6) is 11.5 Å². The number of rotatable bonds is 3. The molecule has 0 saturated carbocycles. The van der Waals surface area contributed by atoms with Crippen LogP contribution in [0.4, 0.5) is 8.78 Å². The fraction of sp³-hybridized carbons (Fsp3) is 0.143. The Morgan fingerprint density at radius 2 is 1.84 bits per heavy atom. The van der Waals surface area contributed by atoms with Gasteiger partial charge in [-0.3, -0.25) is 0 Å². The van der Waals surface area contributed by atoms with Crippen molar-refractivity contribution in [3.05, 3.63) is 58.1 Å². The fourth-order valence-corrected chi connectivity index (χ4v) is 1.88. The summed E-state index contributed by atoms with van der Waals surface area (Å²) in [6.45, 7) is 1.76. The molecule has 1 atom stereocenters. The van der Waals surface area contributed by atoms with E-state index in [9.17, 15) is 8.78 Å². The van der Waals surface area contributed by atoms with Crippen LogP contribution in [0.15, 0.2) is 40.9 Å². The summed E-state index contributed by atoms with van der Waals surface area (Å²) in [6.07, 6.45) is 0. The quantitative estimate of drug-likeness (QED) is 0.898. The van der Waals surface area contributed by atoms with E-state index in [1.807, 2.05) is 0 Å². The first-order chi connectivity index (χ1) is 8.97. The zero-order chi connectivity index (χ0) is 14.0. The Morgan fingerprint density at radius 3 is 2.47 bits per heavy atom. The van der Waals surface area contributed by atoms with Crippen molar-refractivity contribution in [2.45, 2.75) is 13.0 Å². The molecule has 2 N–H and O–H groups in total. The molecular weight excluding hydrogens is 316 g/mol. The van der Waals surface area contributed by atoms with E-state index in [2.05, 4.69) is 15.9 Å². The van der Waals surface area contributed by atoms with E-state index in [0.717, 1.165) is 0 Å². The molecule has 0 spiro atoms. The summed E-state index contributed by atoms with van der Waals surface area (Å²) < 4.78 is 32.8. The molecule has 2 nitrogen and oxygen atoms in total. The highest BCUT2D eigenvalue weighted by Gasteiger charge is 2.10. The van der Waals surface area contributed by atoms with Crippen LogP contribution in [0.3, 0.4) is 0 Å².